The van der Waals surface area contributed by atoms with Gasteiger partial charge < -0.3 is 0 Å². The first-order valence-electron chi connectivity index (χ1n) is 6.95. The van der Waals surface area contributed by atoms with E-state index in [4.69, 9.17) is 0 Å². The van der Waals surface area contributed by atoms with Gasteiger partial charge in [0.2, 0.25) is 0 Å². The highest BCUT2D eigenvalue weighted by atomic mass is 14.2. The van der Waals surface area contributed by atoms with E-state index < -0.39 is 0 Å². The summed E-state index contributed by atoms with van der Waals surface area (Å²) in [6.45, 7) is 15.5. The van der Waals surface area contributed by atoms with E-state index in [2.05, 4.69) is 41.2 Å². The molecule has 0 saturated heterocycles. The molecule has 0 spiro atoms. The Balaban J connectivity index is 3.35. The molecule has 0 aromatic rings. The molecule has 0 heterocycles. The molecule has 0 aliphatic carbocycles. The monoisotopic (exact) mass is 224 g/mol. The average Bonchev–Trinajstić information content (AvgIpc) is 2.07. The van der Waals surface area contributed by atoms with Crippen LogP contribution in [0.1, 0.15) is 79.6 Å². The highest BCUT2D eigenvalue weighted by molar-refractivity contribution is 4.86. The van der Waals surface area contributed by atoms with Gasteiger partial charge in [0.1, 0.15) is 0 Å². The molecule has 0 aromatic heterocycles. The minimum Gasteiger partial charge on any atom is -0.100 e. The zero-order valence-corrected chi connectivity index (χ0v) is 12.2. The fraction of sp³-hybridized carbons (Fsp3) is 0.875. The van der Waals surface area contributed by atoms with Gasteiger partial charge in [-0.05, 0) is 37.5 Å². The Morgan fingerprint density at radius 2 is 1.62 bits per heavy atom. The van der Waals surface area contributed by atoms with Crippen molar-refractivity contribution in [3.05, 3.63) is 12.2 Å². The molecule has 0 heteroatoms. The fourth-order valence-electron chi connectivity index (χ4n) is 2.42. The lowest BCUT2D eigenvalue weighted by atomic mass is 9.83. The van der Waals surface area contributed by atoms with Gasteiger partial charge in [0.25, 0.3) is 0 Å². The van der Waals surface area contributed by atoms with Gasteiger partial charge in [-0.15, -0.1) is 6.58 Å². The minimum absolute atomic E-state index is 0.499. The summed E-state index contributed by atoms with van der Waals surface area (Å²) >= 11 is 0. The van der Waals surface area contributed by atoms with Crippen LogP contribution in [0.2, 0.25) is 0 Å². The van der Waals surface area contributed by atoms with Crippen molar-refractivity contribution in [1.82, 2.24) is 0 Å². The van der Waals surface area contributed by atoms with Gasteiger partial charge in [0, 0.05) is 0 Å². The third kappa shape index (κ3) is 11.8. The van der Waals surface area contributed by atoms with Crippen LogP contribution in [0.4, 0.5) is 0 Å². The van der Waals surface area contributed by atoms with Crippen LogP contribution in [0.25, 0.3) is 0 Å². The Morgan fingerprint density at radius 3 is 2.12 bits per heavy atom. The predicted octanol–water partition coefficient (Wildman–Crippen LogP) is 5.98. The maximum atomic E-state index is 3.94. The molecule has 1 unspecified atom stereocenters. The molecule has 0 fully saturated rings. The molecule has 0 rings (SSSR count). The van der Waals surface area contributed by atoms with Crippen molar-refractivity contribution in [3.63, 3.8) is 0 Å². The van der Waals surface area contributed by atoms with Crippen molar-refractivity contribution >= 4 is 0 Å². The zero-order valence-electron chi connectivity index (χ0n) is 12.2. The molecular formula is C16H32. The van der Waals surface area contributed by atoms with Crippen molar-refractivity contribution in [2.45, 2.75) is 79.6 Å². The molecule has 0 aliphatic heterocycles. The van der Waals surface area contributed by atoms with E-state index in [0.717, 1.165) is 5.92 Å². The molecular weight excluding hydrogens is 192 g/mol. The normalized spacial score (nSPS) is 13.8. The second kappa shape index (κ2) is 7.92. The molecule has 96 valence electrons. The first-order chi connectivity index (χ1) is 7.31. The molecule has 0 N–H and O–H groups in total. The van der Waals surface area contributed by atoms with Gasteiger partial charge >= 0.3 is 0 Å². The van der Waals surface area contributed by atoms with Crippen molar-refractivity contribution < 1.29 is 0 Å². The van der Waals surface area contributed by atoms with E-state index in [1.165, 1.54) is 50.5 Å². The molecule has 1 atom stereocenters. The molecule has 0 radical (unpaired) electrons. The first kappa shape index (κ1) is 15.7. The van der Waals surface area contributed by atoms with Gasteiger partial charge in [-0.3, -0.25) is 0 Å². The van der Waals surface area contributed by atoms with E-state index in [-0.39, 0.29) is 0 Å². The summed E-state index contributed by atoms with van der Waals surface area (Å²) in [5.41, 5.74) is 1.83. The zero-order chi connectivity index (χ0) is 12.6. The second-order valence-corrected chi connectivity index (χ2v) is 6.78. The Hall–Kier alpha value is -0.260. The number of rotatable bonds is 8. The first-order valence-corrected chi connectivity index (χ1v) is 6.95. The van der Waals surface area contributed by atoms with Crippen LogP contribution in [-0.2, 0) is 0 Å². The third-order valence-corrected chi connectivity index (χ3v) is 3.01. The largest absolute Gasteiger partial charge is 0.100 e. The van der Waals surface area contributed by atoms with Gasteiger partial charge in [0.15, 0.2) is 0 Å². The highest BCUT2D eigenvalue weighted by Crippen LogP contribution is 2.27. The van der Waals surface area contributed by atoms with Crippen LogP contribution in [0.3, 0.4) is 0 Å². The summed E-state index contributed by atoms with van der Waals surface area (Å²) in [6.07, 6.45) is 9.52. The van der Waals surface area contributed by atoms with Crippen molar-refractivity contribution in [3.8, 4) is 0 Å². The van der Waals surface area contributed by atoms with Crippen LogP contribution < -0.4 is 0 Å². The van der Waals surface area contributed by atoms with Crippen LogP contribution in [-0.4, -0.2) is 0 Å². The summed E-state index contributed by atoms with van der Waals surface area (Å²) in [4.78, 5) is 0. The van der Waals surface area contributed by atoms with E-state index in [1.807, 2.05) is 0 Å². The highest BCUT2D eigenvalue weighted by Gasteiger charge is 2.14. The molecule has 16 heavy (non-hydrogen) atoms. The Kier molecular flexibility index (Phi) is 7.80. The average molecular weight is 224 g/mol. The summed E-state index contributed by atoms with van der Waals surface area (Å²) in [5, 5.41) is 0. The topological polar surface area (TPSA) is 0 Å². The summed E-state index contributed by atoms with van der Waals surface area (Å²) in [5.74, 6) is 0.890. The van der Waals surface area contributed by atoms with E-state index in [9.17, 15) is 0 Å². The van der Waals surface area contributed by atoms with Gasteiger partial charge in [-0.1, -0.05) is 59.0 Å². The molecule has 0 amide bonds. The molecule has 0 saturated carbocycles. The van der Waals surface area contributed by atoms with Crippen LogP contribution >= 0.6 is 0 Å². The van der Waals surface area contributed by atoms with E-state index in [1.54, 1.807) is 0 Å². The lowest BCUT2D eigenvalue weighted by Crippen LogP contribution is -2.10. The summed E-state index contributed by atoms with van der Waals surface area (Å²) in [7, 11) is 0. The lowest BCUT2D eigenvalue weighted by molar-refractivity contribution is 0.291. The molecule has 0 nitrogen and oxygen atoms in total. The maximum Gasteiger partial charge on any atom is -0.0326 e. The second-order valence-electron chi connectivity index (χ2n) is 6.78. The fourth-order valence-corrected chi connectivity index (χ4v) is 2.42. The Morgan fingerprint density at radius 1 is 1.06 bits per heavy atom. The minimum atomic E-state index is 0.499. The van der Waals surface area contributed by atoms with Gasteiger partial charge in [-0.25, -0.2) is 0 Å². The maximum absolute atomic E-state index is 3.94. The third-order valence-electron chi connectivity index (χ3n) is 3.01. The standard InChI is InChI=1S/C16H32/c1-14(2)11-9-7-8-10-12-15(3)13-16(4,5)6/h15H,1,7-13H2,2-6H3. The lowest BCUT2D eigenvalue weighted by Gasteiger charge is -2.23. The van der Waals surface area contributed by atoms with E-state index >= 15 is 0 Å². The molecule has 0 bridgehead atoms. The van der Waals surface area contributed by atoms with Crippen LogP contribution in [0.15, 0.2) is 12.2 Å². The van der Waals surface area contributed by atoms with Gasteiger partial charge in [-0.2, -0.15) is 0 Å². The number of hydrogen-bond donors (Lipinski definition) is 0. The molecule has 0 aromatic carbocycles. The van der Waals surface area contributed by atoms with Crippen LogP contribution in [0, 0.1) is 11.3 Å². The van der Waals surface area contributed by atoms with Gasteiger partial charge in [0.05, 0.1) is 0 Å². The van der Waals surface area contributed by atoms with Crippen molar-refractivity contribution in [2.24, 2.45) is 11.3 Å². The van der Waals surface area contributed by atoms with Crippen molar-refractivity contribution in [2.75, 3.05) is 0 Å². The molecule has 0 aliphatic rings. The Bertz CT molecular complexity index is 183. The number of unbranched alkanes of at least 4 members (excludes halogenated alkanes) is 3. The van der Waals surface area contributed by atoms with E-state index in [0.29, 0.717) is 5.41 Å². The predicted molar refractivity (Wildman–Crippen MR) is 75.8 cm³/mol. The van der Waals surface area contributed by atoms with Crippen molar-refractivity contribution in [1.29, 1.82) is 0 Å². The number of allylic oxidation sites excluding steroid dienone is 1. The summed E-state index contributed by atoms with van der Waals surface area (Å²) < 4.78 is 0. The Labute approximate surface area is 104 Å². The smallest absolute Gasteiger partial charge is 0.0326 e. The SMILES string of the molecule is C=C(C)CCCCCCC(C)CC(C)(C)C. The number of hydrogen-bond acceptors (Lipinski definition) is 0. The summed E-state index contributed by atoms with van der Waals surface area (Å²) in [6, 6.07) is 0. The van der Waals surface area contributed by atoms with Crippen LogP contribution in [0.5, 0.6) is 0 Å². The quantitative estimate of drug-likeness (QED) is 0.351.